The third-order valence-electron chi connectivity index (χ3n) is 6.39. The predicted molar refractivity (Wildman–Crippen MR) is 92.2 cm³/mol. The molecule has 1 aromatic carbocycles. The highest BCUT2D eigenvalue weighted by Crippen LogP contribution is 2.63. The molecule has 3 heteroatoms. The van der Waals surface area contributed by atoms with Crippen molar-refractivity contribution in [3.8, 4) is 0 Å². The molecular formula is C20H28N2O. The largest absolute Gasteiger partial charge is 0.333 e. The number of hydrogen-bond donors (Lipinski definition) is 1. The van der Waals surface area contributed by atoms with E-state index in [1.54, 1.807) is 0 Å². The highest BCUT2D eigenvalue weighted by Gasteiger charge is 2.59. The first-order chi connectivity index (χ1) is 11.2. The number of hydrogen-bond acceptors (Lipinski definition) is 2. The SMILES string of the molecule is CCc1ccc(C2CNCCN2C(=O)C2CC23CCCC3)cc1. The Hall–Kier alpha value is -1.35. The molecule has 1 aliphatic heterocycles. The van der Waals surface area contributed by atoms with Crippen LogP contribution >= 0.6 is 0 Å². The van der Waals surface area contributed by atoms with Crippen LogP contribution in [0.2, 0.25) is 0 Å². The van der Waals surface area contributed by atoms with Gasteiger partial charge in [0.1, 0.15) is 0 Å². The second kappa shape index (κ2) is 5.94. The van der Waals surface area contributed by atoms with E-state index in [1.807, 2.05) is 0 Å². The fourth-order valence-electron chi connectivity index (χ4n) is 4.77. The Morgan fingerprint density at radius 2 is 2.00 bits per heavy atom. The van der Waals surface area contributed by atoms with Crippen LogP contribution in [0, 0.1) is 11.3 Å². The minimum absolute atomic E-state index is 0.209. The van der Waals surface area contributed by atoms with Crippen molar-refractivity contribution in [1.29, 1.82) is 0 Å². The molecule has 3 nitrogen and oxygen atoms in total. The van der Waals surface area contributed by atoms with Gasteiger partial charge in [0.15, 0.2) is 0 Å². The summed E-state index contributed by atoms with van der Waals surface area (Å²) in [7, 11) is 0. The van der Waals surface area contributed by atoms with E-state index in [4.69, 9.17) is 0 Å². The van der Waals surface area contributed by atoms with Gasteiger partial charge in [-0.1, -0.05) is 44.0 Å². The number of piperazine rings is 1. The Bertz CT molecular complexity index is 574. The van der Waals surface area contributed by atoms with Crippen LogP contribution in [0.25, 0.3) is 0 Å². The molecule has 0 radical (unpaired) electrons. The topological polar surface area (TPSA) is 32.3 Å². The highest BCUT2D eigenvalue weighted by atomic mass is 16.2. The summed E-state index contributed by atoms with van der Waals surface area (Å²) in [4.78, 5) is 15.3. The van der Waals surface area contributed by atoms with Crippen LogP contribution in [0.3, 0.4) is 0 Å². The van der Waals surface area contributed by atoms with Gasteiger partial charge in [-0.3, -0.25) is 4.79 Å². The summed E-state index contributed by atoms with van der Waals surface area (Å²) in [6, 6.07) is 9.07. The third-order valence-corrected chi connectivity index (χ3v) is 6.39. The van der Waals surface area contributed by atoms with Crippen LogP contribution < -0.4 is 5.32 Å². The maximum Gasteiger partial charge on any atom is 0.226 e. The fourth-order valence-corrected chi connectivity index (χ4v) is 4.77. The van der Waals surface area contributed by atoms with Gasteiger partial charge in [0.25, 0.3) is 0 Å². The van der Waals surface area contributed by atoms with Crippen LogP contribution in [0.1, 0.15) is 56.2 Å². The minimum Gasteiger partial charge on any atom is -0.333 e. The first kappa shape index (κ1) is 15.2. The Labute approximate surface area is 139 Å². The van der Waals surface area contributed by atoms with Crippen molar-refractivity contribution in [1.82, 2.24) is 10.2 Å². The normalized spacial score (nSPS) is 29.0. The van der Waals surface area contributed by atoms with Crippen LogP contribution in [-0.4, -0.2) is 30.4 Å². The minimum atomic E-state index is 0.209. The smallest absolute Gasteiger partial charge is 0.226 e. The molecule has 4 rings (SSSR count). The van der Waals surface area contributed by atoms with Gasteiger partial charge in [-0.15, -0.1) is 0 Å². The summed E-state index contributed by atoms with van der Waals surface area (Å²) in [5.41, 5.74) is 3.05. The summed E-state index contributed by atoms with van der Waals surface area (Å²) in [6.07, 6.45) is 7.44. The number of rotatable bonds is 3. The van der Waals surface area contributed by atoms with Crippen molar-refractivity contribution < 1.29 is 4.79 Å². The van der Waals surface area contributed by atoms with Crippen molar-refractivity contribution in [2.45, 2.75) is 51.5 Å². The number of amides is 1. The molecule has 3 aliphatic rings. The van der Waals surface area contributed by atoms with Crippen molar-refractivity contribution in [3.05, 3.63) is 35.4 Å². The van der Waals surface area contributed by atoms with Gasteiger partial charge < -0.3 is 10.2 Å². The van der Waals surface area contributed by atoms with Gasteiger partial charge in [-0.2, -0.15) is 0 Å². The van der Waals surface area contributed by atoms with Crippen molar-refractivity contribution in [3.63, 3.8) is 0 Å². The van der Waals surface area contributed by atoms with E-state index >= 15 is 0 Å². The Kier molecular flexibility index (Phi) is 3.92. The maximum absolute atomic E-state index is 13.1. The quantitative estimate of drug-likeness (QED) is 0.929. The van der Waals surface area contributed by atoms with Gasteiger partial charge in [0, 0.05) is 25.6 Å². The molecule has 2 saturated carbocycles. The zero-order valence-electron chi connectivity index (χ0n) is 14.2. The first-order valence-corrected chi connectivity index (χ1v) is 9.33. The molecule has 1 saturated heterocycles. The van der Waals surface area contributed by atoms with E-state index < -0.39 is 0 Å². The summed E-state index contributed by atoms with van der Waals surface area (Å²) in [5.74, 6) is 0.749. The number of nitrogens with one attached hydrogen (secondary N) is 1. The number of carbonyl (C=O) groups is 1. The summed E-state index contributed by atoms with van der Waals surface area (Å²) in [6.45, 7) is 4.85. The number of benzene rings is 1. The van der Waals surface area contributed by atoms with Gasteiger partial charge in [-0.05, 0) is 42.2 Å². The van der Waals surface area contributed by atoms with Crippen molar-refractivity contribution in [2.75, 3.05) is 19.6 Å². The molecule has 0 bridgehead atoms. The molecule has 1 N–H and O–H groups in total. The van der Waals surface area contributed by atoms with Gasteiger partial charge >= 0.3 is 0 Å². The Morgan fingerprint density at radius 1 is 1.26 bits per heavy atom. The lowest BCUT2D eigenvalue weighted by Crippen LogP contribution is -2.49. The van der Waals surface area contributed by atoms with Crippen LogP contribution in [0.5, 0.6) is 0 Å². The molecule has 2 aliphatic carbocycles. The van der Waals surface area contributed by atoms with E-state index in [1.165, 1.54) is 36.8 Å². The molecule has 2 atom stereocenters. The average molecular weight is 312 g/mol. The van der Waals surface area contributed by atoms with E-state index in [9.17, 15) is 4.79 Å². The molecule has 1 heterocycles. The zero-order chi connectivity index (χ0) is 15.9. The van der Waals surface area contributed by atoms with Gasteiger partial charge in [0.05, 0.1) is 6.04 Å². The van der Waals surface area contributed by atoms with Crippen LogP contribution in [0.4, 0.5) is 0 Å². The highest BCUT2D eigenvalue weighted by molar-refractivity contribution is 5.83. The third kappa shape index (κ3) is 2.69. The second-order valence-electron chi connectivity index (χ2n) is 7.67. The Morgan fingerprint density at radius 3 is 2.70 bits per heavy atom. The first-order valence-electron chi connectivity index (χ1n) is 9.33. The molecule has 1 amide bonds. The Balaban J connectivity index is 1.52. The fraction of sp³-hybridized carbons (Fsp3) is 0.650. The van der Waals surface area contributed by atoms with E-state index in [0.29, 0.717) is 17.2 Å². The second-order valence-corrected chi connectivity index (χ2v) is 7.67. The van der Waals surface area contributed by atoms with Crippen molar-refractivity contribution in [2.24, 2.45) is 11.3 Å². The summed E-state index contributed by atoms with van der Waals surface area (Å²) >= 11 is 0. The van der Waals surface area contributed by atoms with Gasteiger partial charge in [-0.25, -0.2) is 0 Å². The standard InChI is InChI=1S/C20H28N2O/c1-2-15-5-7-16(8-6-15)18-14-21-11-12-22(18)19(23)17-13-20(17)9-3-4-10-20/h5-8,17-18,21H,2-4,9-14H2,1H3. The monoisotopic (exact) mass is 312 g/mol. The number of carbonyl (C=O) groups excluding carboxylic acids is 1. The van der Waals surface area contributed by atoms with Crippen LogP contribution in [-0.2, 0) is 11.2 Å². The predicted octanol–water partition coefficient (Wildman–Crippen LogP) is 3.30. The molecule has 23 heavy (non-hydrogen) atoms. The lowest BCUT2D eigenvalue weighted by Gasteiger charge is -2.37. The number of aryl methyl sites for hydroxylation is 1. The van der Waals surface area contributed by atoms with Crippen LogP contribution in [0.15, 0.2) is 24.3 Å². The van der Waals surface area contributed by atoms with E-state index in [0.717, 1.165) is 32.5 Å². The molecule has 0 aromatic heterocycles. The zero-order valence-corrected chi connectivity index (χ0v) is 14.2. The molecule has 3 fully saturated rings. The molecular weight excluding hydrogens is 284 g/mol. The van der Waals surface area contributed by atoms with E-state index in [2.05, 4.69) is 41.4 Å². The average Bonchev–Trinajstić information content (AvgIpc) is 3.10. The summed E-state index contributed by atoms with van der Waals surface area (Å²) < 4.78 is 0. The molecule has 124 valence electrons. The molecule has 1 aromatic rings. The molecule has 2 unspecified atom stereocenters. The lowest BCUT2D eigenvalue weighted by atomic mass is 9.98. The maximum atomic E-state index is 13.1. The van der Waals surface area contributed by atoms with Gasteiger partial charge in [0.2, 0.25) is 5.91 Å². The van der Waals surface area contributed by atoms with E-state index in [-0.39, 0.29) is 6.04 Å². The number of nitrogens with zero attached hydrogens (tertiary/aromatic N) is 1. The van der Waals surface area contributed by atoms with Crippen molar-refractivity contribution >= 4 is 5.91 Å². The summed E-state index contributed by atoms with van der Waals surface area (Å²) in [5, 5.41) is 3.47. The molecule has 1 spiro atoms. The lowest BCUT2D eigenvalue weighted by molar-refractivity contribution is -0.136.